The molecule has 0 unspecified atom stereocenters. The standard InChI is InChI=1S/C10H13N3O2/c1-15-10-11-5-8(6-12-10)13-9(14)4-7-2-3-7/h5-7H,2-4H2,1H3,(H,13,14). The van der Waals surface area contributed by atoms with E-state index in [1.807, 2.05) is 0 Å². The molecule has 0 aliphatic heterocycles. The van der Waals surface area contributed by atoms with E-state index in [0.29, 0.717) is 24.0 Å². The molecule has 15 heavy (non-hydrogen) atoms. The zero-order chi connectivity index (χ0) is 10.7. The van der Waals surface area contributed by atoms with Crippen molar-refractivity contribution in [1.82, 2.24) is 9.97 Å². The highest BCUT2D eigenvalue weighted by molar-refractivity contribution is 5.90. The Morgan fingerprint density at radius 1 is 1.53 bits per heavy atom. The highest BCUT2D eigenvalue weighted by Gasteiger charge is 2.24. The number of carbonyl (C=O) groups excluding carboxylic acids is 1. The third kappa shape index (κ3) is 2.90. The van der Waals surface area contributed by atoms with Gasteiger partial charge in [0, 0.05) is 6.42 Å². The Balaban J connectivity index is 1.88. The summed E-state index contributed by atoms with van der Waals surface area (Å²) in [6.45, 7) is 0. The molecule has 1 aliphatic rings. The average Bonchev–Trinajstić information content (AvgIpc) is 3.03. The van der Waals surface area contributed by atoms with Gasteiger partial charge in [0.2, 0.25) is 5.91 Å². The molecule has 1 aliphatic carbocycles. The summed E-state index contributed by atoms with van der Waals surface area (Å²) >= 11 is 0. The summed E-state index contributed by atoms with van der Waals surface area (Å²) in [5.41, 5.74) is 0.612. The fraction of sp³-hybridized carbons (Fsp3) is 0.500. The minimum absolute atomic E-state index is 0.0336. The van der Waals surface area contributed by atoms with Crippen LogP contribution in [0, 0.1) is 5.92 Å². The molecule has 5 heteroatoms. The van der Waals surface area contributed by atoms with E-state index in [0.717, 1.165) is 0 Å². The van der Waals surface area contributed by atoms with Crippen molar-refractivity contribution >= 4 is 11.6 Å². The lowest BCUT2D eigenvalue weighted by atomic mass is 10.3. The van der Waals surface area contributed by atoms with Crippen LogP contribution >= 0.6 is 0 Å². The zero-order valence-corrected chi connectivity index (χ0v) is 8.56. The third-order valence-electron chi connectivity index (χ3n) is 2.27. The number of hydrogen-bond acceptors (Lipinski definition) is 4. The van der Waals surface area contributed by atoms with Crippen molar-refractivity contribution in [3.8, 4) is 6.01 Å². The minimum Gasteiger partial charge on any atom is -0.467 e. The van der Waals surface area contributed by atoms with E-state index in [1.54, 1.807) is 0 Å². The van der Waals surface area contributed by atoms with E-state index >= 15 is 0 Å². The van der Waals surface area contributed by atoms with Gasteiger partial charge in [-0.25, -0.2) is 9.97 Å². The van der Waals surface area contributed by atoms with Crippen LogP contribution in [0.25, 0.3) is 0 Å². The van der Waals surface area contributed by atoms with Gasteiger partial charge < -0.3 is 10.1 Å². The summed E-state index contributed by atoms with van der Waals surface area (Å²) in [6, 6.07) is 0.301. The van der Waals surface area contributed by atoms with E-state index in [4.69, 9.17) is 4.74 Å². The van der Waals surface area contributed by atoms with E-state index < -0.39 is 0 Å². The summed E-state index contributed by atoms with van der Waals surface area (Å²) in [5, 5.41) is 2.75. The van der Waals surface area contributed by atoms with Crippen LogP contribution in [-0.4, -0.2) is 23.0 Å². The van der Waals surface area contributed by atoms with Crippen LogP contribution in [0.4, 0.5) is 5.69 Å². The Hall–Kier alpha value is -1.65. The Bertz CT molecular complexity index is 346. The molecule has 0 spiro atoms. The Morgan fingerprint density at radius 3 is 2.73 bits per heavy atom. The van der Waals surface area contributed by atoms with Crippen LogP contribution in [0.2, 0.25) is 0 Å². The molecule has 1 N–H and O–H groups in total. The predicted octanol–water partition coefficient (Wildman–Crippen LogP) is 1.22. The number of ether oxygens (including phenoxy) is 1. The van der Waals surface area contributed by atoms with E-state index in [9.17, 15) is 4.79 Å². The van der Waals surface area contributed by atoms with E-state index in [-0.39, 0.29) is 5.91 Å². The molecule has 1 heterocycles. The van der Waals surface area contributed by atoms with Crippen LogP contribution in [0.3, 0.4) is 0 Å². The number of methoxy groups -OCH3 is 1. The predicted molar refractivity (Wildman–Crippen MR) is 54.6 cm³/mol. The Morgan fingerprint density at radius 2 is 2.20 bits per heavy atom. The van der Waals surface area contributed by atoms with Crippen LogP contribution in [0.1, 0.15) is 19.3 Å². The first-order chi connectivity index (χ1) is 7.28. The van der Waals surface area contributed by atoms with Crippen molar-refractivity contribution in [3.05, 3.63) is 12.4 Å². The first-order valence-corrected chi connectivity index (χ1v) is 4.94. The van der Waals surface area contributed by atoms with Gasteiger partial charge in [-0.3, -0.25) is 4.79 Å². The molecule has 0 saturated heterocycles. The maximum atomic E-state index is 11.4. The smallest absolute Gasteiger partial charge is 0.316 e. The second-order valence-corrected chi connectivity index (χ2v) is 3.65. The largest absolute Gasteiger partial charge is 0.467 e. The summed E-state index contributed by atoms with van der Waals surface area (Å²) in [4.78, 5) is 19.2. The molecular formula is C10H13N3O2. The summed E-state index contributed by atoms with van der Waals surface area (Å²) < 4.78 is 4.81. The average molecular weight is 207 g/mol. The minimum atomic E-state index is 0.0336. The van der Waals surface area contributed by atoms with Gasteiger partial charge in [-0.15, -0.1) is 0 Å². The topological polar surface area (TPSA) is 64.1 Å². The summed E-state index contributed by atoms with van der Waals surface area (Å²) in [5.74, 6) is 0.621. The lowest BCUT2D eigenvalue weighted by Gasteiger charge is -2.03. The van der Waals surface area contributed by atoms with Crippen LogP contribution in [-0.2, 0) is 4.79 Å². The molecule has 2 rings (SSSR count). The number of hydrogen-bond donors (Lipinski definition) is 1. The molecule has 0 bridgehead atoms. The molecule has 0 atom stereocenters. The third-order valence-corrected chi connectivity index (χ3v) is 2.27. The lowest BCUT2D eigenvalue weighted by Crippen LogP contribution is -2.12. The molecule has 1 aromatic heterocycles. The zero-order valence-electron chi connectivity index (χ0n) is 8.56. The fourth-order valence-electron chi connectivity index (χ4n) is 1.28. The second-order valence-electron chi connectivity index (χ2n) is 3.65. The summed E-state index contributed by atoms with van der Waals surface area (Å²) in [7, 11) is 1.50. The van der Waals surface area contributed by atoms with Crippen molar-refractivity contribution in [2.45, 2.75) is 19.3 Å². The first kappa shape index (κ1) is 9.89. The first-order valence-electron chi connectivity index (χ1n) is 4.94. The maximum Gasteiger partial charge on any atom is 0.316 e. The quantitative estimate of drug-likeness (QED) is 0.806. The van der Waals surface area contributed by atoms with Gasteiger partial charge in [0.1, 0.15) is 0 Å². The van der Waals surface area contributed by atoms with E-state index in [2.05, 4.69) is 15.3 Å². The van der Waals surface area contributed by atoms with Crippen LogP contribution in [0.15, 0.2) is 12.4 Å². The van der Waals surface area contributed by atoms with Crippen LogP contribution in [0.5, 0.6) is 6.01 Å². The second kappa shape index (κ2) is 4.25. The molecule has 1 amide bonds. The molecule has 1 fully saturated rings. The molecule has 80 valence electrons. The van der Waals surface area contributed by atoms with Gasteiger partial charge in [-0.2, -0.15) is 0 Å². The van der Waals surface area contributed by atoms with Crippen molar-refractivity contribution < 1.29 is 9.53 Å². The summed E-state index contributed by atoms with van der Waals surface area (Å²) in [6.07, 6.45) is 6.03. The van der Waals surface area contributed by atoms with Crippen LogP contribution < -0.4 is 10.1 Å². The number of nitrogens with zero attached hydrogens (tertiary/aromatic N) is 2. The van der Waals surface area contributed by atoms with Gasteiger partial charge in [0.15, 0.2) is 0 Å². The highest BCUT2D eigenvalue weighted by Crippen LogP contribution is 2.32. The highest BCUT2D eigenvalue weighted by atomic mass is 16.5. The van der Waals surface area contributed by atoms with Gasteiger partial charge in [-0.1, -0.05) is 0 Å². The maximum absolute atomic E-state index is 11.4. The number of carbonyl (C=O) groups is 1. The number of rotatable bonds is 4. The number of nitrogens with one attached hydrogen (secondary N) is 1. The van der Waals surface area contributed by atoms with Crippen molar-refractivity contribution in [2.24, 2.45) is 5.92 Å². The lowest BCUT2D eigenvalue weighted by molar-refractivity contribution is -0.116. The van der Waals surface area contributed by atoms with Gasteiger partial charge in [-0.05, 0) is 18.8 Å². The van der Waals surface area contributed by atoms with Gasteiger partial charge in [0.05, 0.1) is 25.2 Å². The molecule has 0 radical (unpaired) electrons. The van der Waals surface area contributed by atoms with Crippen molar-refractivity contribution in [2.75, 3.05) is 12.4 Å². The SMILES string of the molecule is COc1ncc(NC(=O)CC2CC2)cn1. The Kier molecular flexibility index (Phi) is 2.80. The van der Waals surface area contributed by atoms with Gasteiger partial charge in [0.25, 0.3) is 0 Å². The van der Waals surface area contributed by atoms with Crippen molar-refractivity contribution in [1.29, 1.82) is 0 Å². The molecular weight excluding hydrogens is 194 g/mol. The molecule has 5 nitrogen and oxygen atoms in total. The normalized spacial score (nSPS) is 14.7. The molecule has 1 saturated carbocycles. The van der Waals surface area contributed by atoms with Gasteiger partial charge >= 0.3 is 6.01 Å². The number of anilines is 1. The molecule has 1 aromatic rings. The molecule has 0 aromatic carbocycles. The Labute approximate surface area is 87.9 Å². The monoisotopic (exact) mass is 207 g/mol. The fourth-order valence-corrected chi connectivity index (χ4v) is 1.28. The number of aromatic nitrogens is 2. The number of amides is 1. The van der Waals surface area contributed by atoms with Crippen molar-refractivity contribution in [3.63, 3.8) is 0 Å². The van der Waals surface area contributed by atoms with E-state index in [1.165, 1.54) is 32.3 Å².